The number of ether oxygens (including phenoxy) is 2. The summed E-state index contributed by atoms with van der Waals surface area (Å²) in [5.41, 5.74) is 0.917. The lowest BCUT2D eigenvalue weighted by Gasteiger charge is -2.12. The molecular weight excluding hydrogens is 276 g/mol. The maximum absolute atomic E-state index is 13.5. The van der Waals surface area contributed by atoms with Crippen molar-refractivity contribution in [1.29, 1.82) is 0 Å². The van der Waals surface area contributed by atoms with Crippen LogP contribution in [0.2, 0.25) is 0 Å². The summed E-state index contributed by atoms with van der Waals surface area (Å²) in [7, 11) is 3.14. The monoisotopic (exact) mass is 293 g/mol. The van der Waals surface area contributed by atoms with E-state index in [4.69, 9.17) is 9.47 Å². The van der Waals surface area contributed by atoms with Gasteiger partial charge in [0, 0.05) is 30.3 Å². The van der Waals surface area contributed by atoms with Crippen LogP contribution in [0.1, 0.15) is 11.1 Å². The second-order valence-electron chi connectivity index (χ2n) is 4.48. The fourth-order valence-electron chi connectivity index (χ4n) is 2.02. The van der Waals surface area contributed by atoms with Crippen LogP contribution in [0.15, 0.2) is 36.4 Å². The SMILES string of the molecule is COc1ccc(CNCc2c(F)cccc2F)c(OC)c1. The van der Waals surface area contributed by atoms with Crippen molar-refractivity contribution in [3.8, 4) is 11.5 Å². The lowest BCUT2D eigenvalue weighted by Crippen LogP contribution is -2.15. The summed E-state index contributed by atoms with van der Waals surface area (Å²) in [5, 5.41) is 3.01. The molecule has 0 saturated carbocycles. The lowest BCUT2D eigenvalue weighted by atomic mass is 10.1. The van der Waals surface area contributed by atoms with Crippen molar-refractivity contribution in [2.45, 2.75) is 13.1 Å². The first-order valence-electron chi connectivity index (χ1n) is 6.50. The van der Waals surface area contributed by atoms with Crippen LogP contribution in [0.3, 0.4) is 0 Å². The molecule has 0 bridgehead atoms. The molecule has 0 spiro atoms. The highest BCUT2D eigenvalue weighted by Gasteiger charge is 2.09. The molecule has 0 aliphatic carbocycles. The van der Waals surface area contributed by atoms with E-state index in [0.29, 0.717) is 18.0 Å². The minimum absolute atomic E-state index is 0.0324. The molecule has 0 aliphatic rings. The van der Waals surface area contributed by atoms with Crippen LogP contribution in [0.25, 0.3) is 0 Å². The van der Waals surface area contributed by atoms with Crippen molar-refractivity contribution in [1.82, 2.24) is 5.32 Å². The maximum atomic E-state index is 13.5. The van der Waals surface area contributed by atoms with Crippen LogP contribution in [-0.2, 0) is 13.1 Å². The Labute approximate surface area is 122 Å². The molecule has 5 heteroatoms. The molecule has 1 N–H and O–H groups in total. The summed E-state index contributed by atoms with van der Waals surface area (Å²) in [5.74, 6) is 0.250. The predicted molar refractivity (Wildman–Crippen MR) is 76.4 cm³/mol. The molecule has 0 heterocycles. The van der Waals surface area contributed by atoms with Crippen molar-refractivity contribution < 1.29 is 18.3 Å². The zero-order valence-electron chi connectivity index (χ0n) is 12.0. The van der Waals surface area contributed by atoms with Crippen LogP contribution in [0.4, 0.5) is 8.78 Å². The van der Waals surface area contributed by atoms with Crippen molar-refractivity contribution >= 4 is 0 Å². The molecule has 0 amide bonds. The number of rotatable bonds is 6. The van der Waals surface area contributed by atoms with E-state index in [1.165, 1.54) is 18.2 Å². The Bertz CT molecular complexity index is 597. The lowest BCUT2D eigenvalue weighted by molar-refractivity contribution is 0.389. The van der Waals surface area contributed by atoms with E-state index in [2.05, 4.69) is 5.32 Å². The first kappa shape index (κ1) is 15.3. The van der Waals surface area contributed by atoms with Crippen LogP contribution in [0, 0.1) is 11.6 Å². The standard InChI is InChI=1S/C16H17F2NO2/c1-20-12-7-6-11(16(8-12)21-2)9-19-10-13-14(17)4-3-5-15(13)18/h3-8,19H,9-10H2,1-2H3. The van der Waals surface area contributed by atoms with Gasteiger partial charge in [0.25, 0.3) is 0 Å². The van der Waals surface area contributed by atoms with Crippen molar-refractivity contribution in [3.05, 3.63) is 59.2 Å². The summed E-state index contributed by atoms with van der Waals surface area (Å²) in [6.07, 6.45) is 0. The average Bonchev–Trinajstić information content (AvgIpc) is 2.50. The number of hydrogen-bond donors (Lipinski definition) is 1. The second kappa shape index (κ2) is 7.04. The Morgan fingerprint density at radius 2 is 1.67 bits per heavy atom. The third-order valence-corrected chi connectivity index (χ3v) is 3.17. The zero-order chi connectivity index (χ0) is 15.2. The molecule has 0 atom stereocenters. The highest BCUT2D eigenvalue weighted by molar-refractivity contribution is 5.40. The zero-order valence-corrected chi connectivity index (χ0v) is 12.0. The smallest absolute Gasteiger partial charge is 0.130 e. The van der Waals surface area contributed by atoms with Gasteiger partial charge in [-0.3, -0.25) is 0 Å². The molecule has 2 rings (SSSR count). The Kier molecular flexibility index (Phi) is 5.11. The summed E-state index contributed by atoms with van der Waals surface area (Å²) < 4.78 is 37.4. The van der Waals surface area contributed by atoms with Gasteiger partial charge in [-0.1, -0.05) is 12.1 Å². The van der Waals surface area contributed by atoms with Crippen LogP contribution < -0.4 is 14.8 Å². The van der Waals surface area contributed by atoms with Crippen LogP contribution in [0.5, 0.6) is 11.5 Å². The molecule has 112 valence electrons. The van der Waals surface area contributed by atoms with E-state index in [-0.39, 0.29) is 12.1 Å². The quantitative estimate of drug-likeness (QED) is 0.886. The maximum Gasteiger partial charge on any atom is 0.130 e. The summed E-state index contributed by atoms with van der Waals surface area (Å²) in [6.45, 7) is 0.536. The van der Waals surface area contributed by atoms with Crippen LogP contribution in [-0.4, -0.2) is 14.2 Å². The van der Waals surface area contributed by atoms with E-state index < -0.39 is 11.6 Å². The topological polar surface area (TPSA) is 30.5 Å². The average molecular weight is 293 g/mol. The van der Waals surface area contributed by atoms with Gasteiger partial charge in [0.05, 0.1) is 14.2 Å². The van der Waals surface area contributed by atoms with Gasteiger partial charge in [0.2, 0.25) is 0 Å². The van der Waals surface area contributed by atoms with Crippen molar-refractivity contribution in [2.24, 2.45) is 0 Å². The van der Waals surface area contributed by atoms with Gasteiger partial charge in [-0.15, -0.1) is 0 Å². The van der Waals surface area contributed by atoms with Gasteiger partial charge in [0.1, 0.15) is 23.1 Å². The minimum atomic E-state index is -0.552. The summed E-state index contributed by atoms with van der Waals surface area (Å²) in [4.78, 5) is 0. The van der Waals surface area contributed by atoms with Gasteiger partial charge < -0.3 is 14.8 Å². The molecule has 0 saturated heterocycles. The van der Waals surface area contributed by atoms with Crippen LogP contribution >= 0.6 is 0 Å². The van der Waals surface area contributed by atoms with Crippen molar-refractivity contribution in [3.63, 3.8) is 0 Å². The number of hydrogen-bond acceptors (Lipinski definition) is 3. The predicted octanol–water partition coefficient (Wildman–Crippen LogP) is 3.27. The molecule has 3 nitrogen and oxygen atoms in total. The largest absolute Gasteiger partial charge is 0.497 e. The van der Waals surface area contributed by atoms with Gasteiger partial charge in [-0.2, -0.15) is 0 Å². The molecule has 0 radical (unpaired) electrons. The van der Waals surface area contributed by atoms with E-state index in [1.807, 2.05) is 12.1 Å². The summed E-state index contributed by atoms with van der Waals surface area (Å²) >= 11 is 0. The molecular formula is C16H17F2NO2. The Morgan fingerprint density at radius 1 is 0.952 bits per heavy atom. The molecule has 21 heavy (non-hydrogen) atoms. The van der Waals surface area contributed by atoms with E-state index in [9.17, 15) is 8.78 Å². The number of nitrogens with one attached hydrogen (secondary N) is 1. The third kappa shape index (κ3) is 3.70. The minimum Gasteiger partial charge on any atom is -0.497 e. The molecule has 0 unspecified atom stereocenters. The highest BCUT2D eigenvalue weighted by atomic mass is 19.1. The number of halogens is 2. The van der Waals surface area contributed by atoms with Gasteiger partial charge in [-0.05, 0) is 18.2 Å². The fraction of sp³-hybridized carbons (Fsp3) is 0.250. The normalized spacial score (nSPS) is 10.5. The molecule has 0 aromatic heterocycles. The first-order chi connectivity index (χ1) is 10.2. The Morgan fingerprint density at radius 3 is 2.29 bits per heavy atom. The molecule has 0 fully saturated rings. The molecule has 0 aliphatic heterocycles. The van der Waals surface area contributed by atoms with E-state index >= 15 is 0 Å². The second-order valence-corrected chi connectivity index (χ2v) is 4.48. The van der Waals surface area contributed by atoms with Gasteiger partial charge in [0.15, 0.2) is 0 Å². The van der Waals surface area contributed by atoms with E-state index in [0.717, 1.165) is 5.56 Å². The number of benzene rings is 2. The highest BCUT2D eigenvalue weighted by Crippen LogP contribution is 2.24. The third-order valence-electron chi connectivity index (χ3n) is 3.17. The van der Waals surface area contributed by atoms with Gasteiger partial charge >= 0.3 is 0 Å². The fourth-order valence-corrected chi connectivity index (χ4v) is 2.02. The van der Waals surface area contributed by atoms with Gasteiger partial charge in [-0.25, -0.2) is 8.78 Å². The van der Waals surface area contributed by atoms with E-state index in [1.54, 1.807) is 20.3 Å². The Balaban J connectivity index is 2.03. The Hall–Kier alpha value is -2.14. The number of methoxy groups -OCH3 is 2. The molecule has 2 aromatic carbocycles. The van der Waals surface area contributed by atoms with Crippen molar-refractivity contribution in [2.75, 3.05) is 14.2 Å². The molecule has 2 aromatic rings. The summed E-state index contributed by atoms with van der Waals surface area (Å²) in [6, 6.07) is 9.26. The first-order valence-corrected chi connectivity index (χ1v) is 6.50.